The second-order valence-corrected chi connectivity index (χ2v) is 7.11. The average molecular weight is 340 g/mol. The molecule has 0 aliphatic carbocycles. The number of halogens is 3. The van der Waals surface area contributed by atoms with Crippen molar-refractivity contribution in [2.75, 3.05) is 13.1 Å². The summed E-state index contributed by atoms with van der Waals surface area (Å²) in [6.07, 6.45) is -0.442. The monoisotopic (exact) mass is 339 g/mol. The summed E-state index contributed by atoms with van der Waals surface area (Å²) in [5.41, 5.74) is 0. The first kappa shape index (κ1) is 16.1. The number of carbonyl (C=O) groups is 1. The molecule has 1 aliphatic heterocycles. The summed E-state index contributed by atoms with van der Waals surface area (Å²) in [5.74, 6) is -7.11. The first-order valence-electron chi connectivity index (χ1n) is 6.01. The average Bonchev–Trinajstić information content (AvgIpc) is 2.36. The molecular formula is C12H12ClF2NO4S. The van der Waals surface area contributed by atoms with Crippen LogP contribution in [0.5, 0.6) is 0 Å². The van der Waals surface area contributed by atoms with E-state index in [2.05, 4.69) is 0 Å². The number of aliphatic carboxylic acids is 1. The lowest BCUT2D eigenvalue weighted by Gasteiger charge is -2.35. The van der Waals surface area contributed by atoms with Crippen LogP contribution in [0.1, 0.15) is 6.42 Å². The van der Waals surface area contributed by atoms with Crippen molar-refractivity contribution < 1.29 is 27.1 Å². The van der Waals surface area contributed by atoms with Crippen LogP contribution in [-0.2, 0) is 14.8 Å². The number of carboxylic acid groups (broad SMARTS) is 1. The highest BCUT2D eigenvalue weighted by Crippen LogP contribution is 2.35. The number of rotatable bonds is 3. The van der Waals surface area contributed by atoms with Gasteiger partial charge in [0.1, 0.15) is 5.92 Å². The van der Waals surface area contributed by atoms with E-state index in [1.807, 2.05) is 0 Å². The summed E-state index contributed by atoms with van der Waals surface area (Å²) >= 11 is 5.70. The van der Waals surface area contributed by atoms with Crippen LogP contribution in [0.25, 0.3) is 0 Å². The van der Waals surface area contributed by atoms with Gasteiger partial charge in [0.2, 0.25) is 10.0 Å². The van der Waals surface area contributed by atoms with Gasteiger partial charge < -0.3 is 5.11 Å². The summed E-state index contributed by atoms with van der Waals surface area (Å²) < 4.78 is 52.7. The molecule has 1 fully saturated rings. The van der Waals surface area contributed by atoms with Gasteiger partial charge in [0.15, 0.2) is 0 Å². The van der Waals surface area contributed by atoms with Gasteiger partial charge in [-0.1, -0.05) is 17.7 Å². The first-order valence-corrected chi connectivity index (χ1v) is 7.83. The highest BCUT2D eigenvalue weighted by Gasteiger charge is 2.51. The summed E-state index contributed by atoms with van der Waals surface area (Å²) in [6, 6.07) is 5.28. The molecule has 116 valence electrons. The normalized spacial score (nSPS) is 22.9. The third-order valence-electron chi connectivity index (χ3n) is 3.30. The summed E-state index contributed by atoms with van der Waals surface area (Å²) in [5, 5.41) is 8.92. The van der Waals surface area contributed by atoms with Gasteiger partial charge in [-0.15, -0.1) is 0 Å². The summed E-state index contributed by atoms with van der Waals surface area (Å²) in [7, 11) is -4.13. The summed E-state index contributed by atoms with van der Waals surface area (Å²) in [4.78, 5) is 10.6. The largest absolute Gasteiger partial charge is 0.481 e. The minimum atomic E-state index is -4.13. The molecule has 1 unspecified atom stereocenters. The van der Waals surface area contributed by atoms with Crippen LogP contribution in [0.15, 0.2) is 29.2 Å². The fourth-order valence-corrected chi connectivity index (χ4v) is 3.96. The third-order valence-corrected chi connectivity index (χ3v) is 5.37. The van der Waals surface area contributed by atoms with Crippen molar-refractivity contribution in [1.29, 1.82) is 0 Å². The Labute approximate surface area is 125 Å². The Morgan fingerprint density at radius 3 is 2.62 bits per heavy atom. The van der Waals surface area contributed by atoms with Gasteiger partial charge >= 0.3 is 5.97 Å². The molecule has 0 saturated carbocycles. The SMILES string of the molecule is O=C(O)C1CCN(S(=O)(=O)c2cccc(Cl)c2)CC1(F)F. The van der Waals surface area contributed by atoms with Gasteiger partial charge in [-0.3, -0.25) is 4.79 Å². The second kappa shape index (κ2) is 5.51. The van der Waals surface area contributed by atoms with Crippen molar-refractivity contribution in [3.05, 3.63) is 29.3 Å². The maximum absolute atomic E-state index is 13.8. The molecule has 1 N–H and O–H groups in total. The molecule has 1 atom stereocenters. The number of carboxylic acids is 1. The quantitative estimate of drug-likeness (QED) is 0.914. The van der Waals surface area contributed by atoms with Gasteiger partial charge in [-0.25, -0.2) is 17.2 Å². The predicted octanol–water partition coefficient (Wildman–Crippen LogP) is 2.07. The van der Waals surface area contributed by atoms with Crippen molar-refractivity contribution in [3.63, 3.8) is 0 Å². The molecule has 0 aromatic heterocycles. The molecule has 0 radical (unpaired) electrons. The number of piperidine rings is 1. The molecule has 1 saturated heterocycles. The molecule has 1 aliphatic rings. The third kappa shape index (κ3) is 3.17. The Hall–Kier alpha value is -1.25. The van der Waals surface area contributed by atoms with Crippen molar-refractivity contribution in [1.82, 2.24) is 4.31 Å². The molecule has 0 spiro atoms. The fraction of sp³-hybridized carbons (Fsp3) is 0.417. The van der Waals surface area contributed by atoms with E-state index in [4.69, 9.17) is 16.7 Å². The van der Waals surface area contributed by atoms with Crippen molar-refractivity contribution in [3.8, 4) is 0 Å². The molecular weight excluding hydrogens is 328 g/mol. The predicted molar refractivity (Wildman–Crippen MR) is 70.9 cm³/mol. The van der Waals surface area contributed by atoms with Gasteiger partial charge in [0.05, 0.1) is 11.4 Å². The standard InChI is InChI=1S/C12H12ClF2NO4S/c13-8-2-1-3-9(6-8)21(19,20)16-5-4-10(11(17)18)12(14,15)7-16/h1-3,6,10H,4-5,7H2,(H,17,18). The Balaban J connectivity index is 2.30. The molecule has 0 amide bonds. The highest BCUT2D eigenvalue weighted by molar-refractivity contribution is 7.89. The maximum Gasteiger partial charge on any atom is 0.312 e. The molecule has 2 rings (SSSR count). The Morgan fingerprint density at radius 2 is 2.10 bits per heavy atom. The van der Waals surface area contributed by atoms with Crippen molar-refractivity contribution >= 4 is 27.6 Å². The smallest absolute Gasteiger partial charge is 0.312 e. The molecule has 0 bridgehead atoms. The van der Waals surface area contributed by atoms with Crippen LogP contribution < -0.4 is 0 Å². The van der Waals surface area contributed by atoms with E-state index >= 15 is 0 Å². The second-order valence-electron chi connectivity index (χ2n) is 4.74. The molecule has 9 heteroatoms. The van der Waals surface area contributed by atoms with Gasteiger partial charge in [-0.2, -0.15) is 4.31 Å². The van der Waals surface area contributed by atoms with Gasteiger partial charge in [-0.05, 0) is 24.6 Å². The zero-order chi connectivity index (χ0) is 15.8. The van der Waals surface area contributed by atoms with E-state index in [0.29, 0.717) is 4.31 Å². The zero-order valence-corrected chi connectivity index (χ0v) is 12.2. The van der Waals surface area contributed by atoms with Crippen LogP contribution in [0.2, 0.25) is 5.02 Å². The van der Waals surface area contributed by atoms with E-state index in [1.54, 1.807) is 0 Å². The van der Waals surface area contributed by atoms with E-state index in [1.165, 1.54) is 18.2 Å². The lowest BCUT2D eigenvalue weighted by molar-refractivity contribution is -0.163. The lowest BCUT2D eigenvalue weighted by Crippen LogP contribution is -2.52. The van der Waals surface area contributed by atoms with Crippen LogP contribution in [0, 0.1) is 5.92 Å². The zero-order valence-electron chi connectivity index (χ0n) is 10.7. The van der Waals surface area contributed by atoms with Crippen LogP contribution >= 0.6 is 11.6 Å². The number of sulfonamides is 1. The van der Waals surface area contributed by atoms with Gasteiger partial charge in [0.25, 0.3) is 5.92 Å². The Kier molecular flexibility index (Phi) is 4.23. The van der Waals surface area contributed by atoms with Gasteiger partial charge in [0, 0.05) is 11.6 Å². The number of hydrogen-bond donors (Lipinski definition) is 1. The van der Waals surface area contributed by atoms with Crippen molar-refractivity contribution in [2.45, 2.75) is 17.2 Å². The number of benzene rings is 1. The lowest BCUT2D eigenvalue weighted by atomic mass is 9.94. The van der Waals surface area contributed by atoms with Crippen LogP contribution in [-0.4, -0.2) is 42.8 Å². The number of nitrogens with zero attached hydrogens (tertiary/aromatic N) is 1. The molecule has 21 heavy (non-hydrogen) atoms. The summed E-state index contributed by atoms with van der Waals surface area (Å²) in [6.45, 7) is -1.43. The molecule has 1 aromatic carbocycles. The highest BCUT2D eigenvalue weighted by atomic mass is 35.5. The Bertz CT molecular complexity index is 665. The first-order chi connectivity index (χ1) is 9.64. The number of alkyl halides is 2. The fourth-order valence-electron chi connectivity index (χ4n) is 2.19. The van der Waals surface area contributed by atoms with E-state index in [9.17, 15) is 22.0 Å². The Morgan fingerprint density at radius 1 is 1.43 bits per heavy atom. The minimum Gasteiger partial charge on any atom is -0.481 e. The number of hydrogen-bond acceptors (Lipinski definition) is 3. The molecule has 1 heterocycles. The van der Waals surface area contributed by atoms with Crippen molar-refractivity contribution in [2.24, 2.45) is 5.92 Å². The molecule has 5 nitrogen and oxygen atoms in total. The van der Waals surface area contributed by atoms with Crippen LogP contribution in [0.3, 0.4) is 0 Å². The van der Waals surface area contributed by atoms with Crippen LogP contribution in [0.4, 0.5) is 8.78 Å². The maximum atomic E-state index is 13.8. The van der Waals surface area contributed by atoms with E-state index in [0.717, 1.165) is 6.07 Å². The topological polar surface area (TPSA) is 74.7 Å². The minimum absolute atomic E-state index is 0.170. The van der Waals surface area contributed by atoms with E-state index in [-0.39, 0.29) is 16.5 Å². The van der Waals surface area contributed by atoms with E-state index < -0.39 is 40.8 Å². The molecule has 1 aromatic rings.